The molecule has 1 aromatic heterocycles. The van der Waals surface area contributed by atoms with E-state index in [9.17, 15) is 14.0 Å². The average Bonchev–Trinajstić information content (AvgIpc) is 2.89. The van der Waals surface area contributed by atoms with Gasteiger partial charge in [0.2, 0.25) is 0 Å². The van der Waals surface area contributed by atoms with Gasteiger partial charge in [-0.15, -0.1) is 0 Å². The van der Waals surface area contributed by atoms with E-state index in [-0.39, 0.29) is 11.6 Å². The van der Waals surface area contributed by atoms with Crippen molar-refractivity contribution in [3.05, 3.63) is 59.5 Å². The minimum atomic E-state index is -0.739. The fraction of sp³-hybridized carbons (Fsp3) is 0.320. The second kappa shape index (κ2) is 7.72. The first-order valence-electron chi connectivity index (χ1n) is 10.6. The molecule has 33 heavy (non-hydrogen) atoms. The van der Waals surface area contributed by atoms with Crippen molar-refractivity contribution < 1.29 is 18.7 Å². The zero-order chi connectivity index (χ0) is 24.1. The first-order valence-corrected chi connectivity index (χ1v) is 10.6. The Kier molecular flexibility index (Phi) is 5.27. The van der Waals surface area contributed by atoms with Crippen LogP contribution in [0.3, 0.4) is 0 Å². The predicted molar refractivity (Wildman–Crippen MR) is 126 cm³/mol. The summed E-state index contributed by atoms with van der Waals surface area (Å²) in [6.45, 7) is 9.21. The largest absolute Gasteiger partial charge is 0.444 e. The van der Waals surface area contributed by atoms with E-state index in [2.05, 4.69) is 15.6 Å². The number of hydrogen-bond donors (Lipinski definition) is 2. The van der Waals surface area contributed by atoms with Crippen molar-refractivity contribution >= 4 is 40.0 Å². The number of nitrogens with one attached hydrogen (secondary N) is 2. The third kappa shape index (κ3) is 4.20. The third-order valence-corrected chi connectivity index (χ3v) is 5.80. The van der Waals surface area contributed by atoms with E-state index < -0.39 is 23.1 Å². The molecule has 2 N–H and O–H groups in total. The van der Waals surface area contributed by atoms with Crippen molar-refractivity contribution in [3.8, 4) is 0 Å². The molecule has 0 bridgehead atoms. The molecule has 1 aliphatic rings. The van der Waals surface area contributed by atoms with Gasteiger partial charge >= 0.3 is 6.09 Å². The van der Waals surface area contributed by atoms with E-state index in [0.717, 1.165) is 11.3 Å². The van der Waals surface area contributed by atoms with Gasteiger partial charge in [-0.2, -0.15) is 0 Å². The molecule has 0 saturated heterocycles. The molecule has 2 aromatic carbocycles. The highest BCUT2D eigenvalue weighted by Crippen LogP contribution is 2.39. The van der Waals surface area contributed by atoms with Crippen LogP contribution in [0.2, 0.25) is 0 Å². The van der Waals surface area contributed by atoms with Gasteiger partial charge in [-0.1, -0.05) is 6.07 Å². The molecule has 1 aliphatic heterocycles. The third-order valence-electron chi connectivity index (χ3n) is 5.80. The van der Waals surface area contributed by atoms with Crippen LogP contribution in [0.5, 0.6) is 0 Å². The van der Waals surface area contributed by atoms with Gasteiger partial charge in [0.05, 0.1) is 11.2 Å². The molecule has 0 spiro atoms. The van der Waals surface area contributed by atoms with Crippen LogP contribution in [-0.4, -0.2) is 34.5 Å². The van der Waals surface area contributed by atoms with E-state index in [1.165, 1.54) is 12.3 Å². The number of carbonyl (C=O) groups is 2. The highest BCUT2D eigenvalue weighted by molar-refractivity contribution is 6.01. The van der Waals surface area contributed by atoms with Gasteiger partial charge in [-0.05, 0) is 75.9 Å². The number of nitrogens with zero attached hydrogens (tertiary/aromatic N) is 2. The Bertz CT molecular complexity index is 1280. The fourth-order valence-electron chi connectivity index (χ4n) is 3.87. The van der Waals surface area contributed by atoms with Gasteiger partial charge < -0.3 is 15.0 Å². The number of rotatable bonds is 3. The topological polar surface area (TPSA) is 83.6 Å². The van der Waals surface area contributed by atoms with E-state index in [0.29, 0.717) is 22.2 Å². The standard InChI is InChI=1S/C25H27FN4O3/c1-24(2,3)33-23(32)29-21-17-13-27-20(11-14(17)7-10-19(21)26)28-15-8-9-16-18(12-15)25(4,5)30(6)22(16)31/h7-13H,1-6H3,(H,27,28)(H,29,32). The van der Waals surface area contributed by atoms with Crippen LogP contribution in [0.15, 0.2) is 42.6 Å². The first kappa shape index (κ1) is 22.5. The minimum Gasteiger partial charge on any atom is -0.444 e. The number of amides is 2. The summed E-state index contributed by atoms with van der Waals surface area (Å²) in [4.78, 5) is 30.8. The number of benzene rings is 2. The Balaban J connectivity index is 1.63. The van der Waals surface area contributed by atoms with Crippen LogP contribution < -0.4 is 10.6 Å². The number of ether oxygens (including phenoxy) is 1. The van der Waals surface area contributed by atoms with E-state index in [4.69, 9.17) is 4.74 Å². The van der Waals surface area contributed by atoms with Crippen molar-refractivity contribution in [1.82, 2.24) is 9.88 Å². The van der Waals surface area contributed by atoms with Crippen LogP contribution in [0.1, 0.15) is 50.5 Å². The number of hydrogen-bond acceptors (Lipinski definition) is 5. The van der Waals surface area contributed by atoms with Crippen LogP contribution in [0.4, 0.5) is 26.4 Å². The summed E-state index contributed by atoms with van der Waals surface area (Å²) < 4.78 is 19.7. The summed E-state index contributed by atoms with van der Waals surface area (Å²) in [7, 11) is 1.79. The molecule has 2 heterocycles. The number of aromatic nitrogens is 1. The van der Waals surface area contributed by atoms with Gasteiger partial charge in [0.1, 0.15) is 17.2 Å². The molecule has 0 aliphatic carbocycles. The second-order valence-corrected chi connectivity index (χ2v) is 9.65. The highest BCUT2D eigenvalue weighted by Gasteiger charge is 2.40. The lowest BCUT2D eigenvalue weighted by Crippen LogP contribution is -2.35. The highest BCUT2D eigenvalue weighted by atomic mass is 19.1. The molecule has 172 valence electrons. The van der Waals surface area contributed by atoms with Gasteiger partial charge in [0.15, 0.2) is 0 Å². The molecule has 3 aromatic rings. The molecule has 7 nitrogen and oxygen atoms in total. The summed E-state index contributed by atoms with van der Waals surface area (Å²) in [5.74, 6) is -0.0318. The fourth-order valence-corrected chi connectivity index (χ4v) is 3.87. The first-order chi connectivity index (χ1) is 15.4. The number of pyridine rings is 1. The lowest BCUT2D eigenvalue weighted by atomic mass is 9.93. The van der Waals surface area contributed by atoms with Crippen molar-refractivity contribution in [3.63, 3.8) is 0 Å². The Morgan fingerprint density at radius 1 is 1.15 bits per heavy atom. The van der Waals surface area contributed by atoms with Crippen LogP contribution in [0.25, 0.3) is 10.8 Å². The number of halogens is 1. The van der Waals surface area contributed by atoms with Crippen molar-refractivity contribution in [2.45, 2.75) is 45.8 Å². The van der Waals surface area contributed by atoms with Gasteiger partial charge in [0, 0.05) is 29.9 Å². The lowest BCUT2D eigenvalue weighted by Gasteiger charge is -2.28. The Labute approximate surface area is 191 Å². The van der Waals surface area contributed by atoms with Crippen molar-refractivity contribution in [2.75, 3.05) is 17.7 Å². The van der Waals surface area contributed by atoms with Gasteiger partial charge in [-0.25, -0.2) is 14.2 Å². The maximum atomic E-state index is 14.5. The summed E-state index contributed by atoms with van der Waals surface area (Å²) in [6, 6.07) is 10.3. The van der Waals surface area contributed by atoms with Gasteiger partial charge in [0.25, 0.3) is 5.91 Å². The zero-order valence-electron chi connectivity index (χ0n) is 19.5. The molecule has 4 rings (SSSR count). The van der Waals surface area contributed by atoms with Crippen LogP contribution in [0, 0.1) is 5.82 Å². The zero-order valence-corrected chi connectivity index (χ0v) is 19.5. The number of carbonyl (C=O) groups excluding carboxylic acids is 2. The monoisotopic (exact) mass is 450 g/mol. The molecule has 2 amide bonds. The van der Waals surface area contributed by atoms with Crippen molar-refractivity contribution in [2.24, 2.45) is 0 Å². The smallest absolute Gasteiger partial charge is 0.412 e. The average molecular weight is 451 g/mol. The van der Waals surface area contributed by atoms with E-state index in [1.807, 2.05) is 32.0 Å². The quantitative estimate of drug-likeness (QED) is 0.528. The van der Waals surface area contributed by atoms with E-state index in [1.54, 1.807) is 44.9 Å². The summed E-state index contributed by atoms with van der Waals surface area (Å²) in [6.07, 6.45) is 0.763. The molecule has 0 saturated carbocycles. The molecular weight excluding hydrogens is 423 g/mol. The number of anilines is 3. The summed E-state index contributed by atoms with van der Waals surface area (Å²) in [5.41, 5.74) is 1.30. The summed E-state index contributed by atoms with van der Waals surface area (Å²) >= 11 is 0. The Hall–Kier alpha value is -3.68. The Morgan fingerprint density at radius 3 is 2.58 bits per heavy atom. The molecule has 0 atom stereocenters. The molecule has 0 unspecified atom stereocenters. The van der Waals surface area contributed by atoms with Gasteiger partial charge in [-0.3, -0.25) is 10.1 Å². The summed E-state index contributed by atoms with van der Waals surface area (Å²) in [5, 5.41) is 6.89. The number of fused-ring (bicyclic) bond motifs is 2. The second-order valence-electron chi connectivity index (χ2n) is 9.65. The Morgan fingerprint density at radius 2 is 1.88 bits per heavy atom. The molecule has 8 heteroatoms. The normalized spacial score (nSPS) is 14.9. The van der Waals surface area contributed by atoms with E-state index >= 15 is 0 Å². The molecule has 0 fully saturated rings. The van der Waals surface area contributed by atoms with Crippen LogP contribution >= 0.6 is 0 Å². The minimum absolute atomic E-state index is 0.00239. The molecule has 0 radical (unpaired) electrons. The lowest BCUT2D eigenvalue weighted by molar-refractivity contribution is 0.0634. The predicted octanol–water partition coefficient (Wildman–Crippen LogP) is 5.79. The van der Waals surface area contributed by atoms with Crippen molar-refractivity contribution in [1.29, 1.82) is 0 Å². The molecular formula is C25H27FN4O3. The maximum Gasteiger partial charge on any atom is 0.412 e. The van der Waals surface area contributed by atoms with Crippen LogP contribution in [-0.2, 0) is 10.3 Å². The SMILES string of the molecule is CN1C(=O)c2ccc(Nc3cc4ccc(F)c(NC(=O)OC(C)(C)C)c4cn3)cc2C1(C)C. The maximum absolute atomic E-state index is 14.5.